The molecule has 0 N–H and O–H groups in total. The first-order chi connectivity index (χ1) is 9.78. The first-order valence-corrected chi connectivity index (χ1v) is 10.4. The van der Waals surface area contributed by atoms with Crippen LogP contribution in [-0.2, 0) is 17.7 Å². The van der Waals surface area contributed by atoms with Gasteiger partial charge >= 0.3 is 18.6 Å². The molecule has 0 saturated heterocycles. The van der Waals surface area contributed by atoms with Gasteiger partial charge < -0.3 is 17.7 Å². The van der Waals surface area contributed by atoms with Crippen molar-refractivity contribution in [3.8, 4) is 0 Å². The van der Waals surface area contributed by atoms with E-state index in [2.05, 4.69) is 12.1 Å². The van der Waals surface area contributed by atoms with Crippen LogP contribution in [-0.4, -0.2) is 45.0 Å². The molecule has 0 bridgehead atoms. The zero-order valence-electron chi connectivity index (χ0n) is 12.9. The number of hydrogen-bond donors (Lipinski definition) is 0. The Hall–Kier alpha value is -0.506. The zero-order chi connectivity index (χ0) is 14.8. The molecule has 0 saturated carbocycles. The van der Waals surface area contributed by atoms with Crippen molar-refractivity contribution in [2.75, 3.05) is 26.4 Å². The molecule has 1 rings (SSSR count). The van der Waals surface area contributed by atoms with Crippen molar-refractivity contribution < 1.29 is 17.7 Å². The smallest absolute Gasteiger partial charge is 0.355 e. The van der Waals surface area contributed by atoms with E-state index in [4.69, 9.17) is 17.7 Å². The average molecular weight is 315 g/mol. The molecule has 0 radical (unpaired) electrons. The Kier molecular flexibility index (Phi) is 9.00. The lowest BCUT2D eigenvalue weighted by molar-refractivity contribution is 0.221. The van der Waals surface area contributed by atoms with Crippen LogP contribution in [0.4, 0.5) is 0 Å². The molecule has 1 aromatic rings. The highest BCUT2D eigenvalue weighted by Crippen LogP contribution is 1.97. The predicted molar refractivity (Wildman–Crippen MR) is 86.5 cm³/mol. The maximum atomic E-state index is 5.84. The zero-order valence-corrected chi connectivity index (χ0v) is 15.2. The molecule has 0 amide bonds. The molecule has 0 unspecified atom stereocenters. The minimum absolute atomic E-state index is 0.667. The fourth-order valence-electron chi connectivity index (χ4n) is 2.00. The second kappa shape index (κ2) is 10.3. The van der Waals surface area contributed by atoms with Crippen molar-refractivity contribution in [1.29, 1.82) is 0 Å². The van der Waals surface area contributed by atoms with Crippen molar-refractivity contribution >= 4 is 28.9 Å². The lowest BCUT2D eigenvalue weighted by Gasteiger charge is -2.22. The SMILES string of the molecule is CCO[SiH](OCC)c1ccccc1[SiH](OCC)OCC. The van der Waals surface area contributed by atoms with Crippen LogP contribution in [0.3, 0.4) is 0 Å². The third-order valence-corrected chi connectivity index (χ3v) is 7.72. The van der Waals surface area contributed by atoms with Crippen molar-refractivity contribution in [2.45, 2.75) is 27.7 Å². The Balaban J connectivity index is 3.04. The van der Waals surface area contributed by atoms with E-state index in [1.54, 1.807) is 0 Å². The lowest BCUT2D eigenvalue weighted by Crippen LogP contribution is -2.53. The van der Waals surface area contributed by atoms with E-state index in [0.29, 0.717) is 26.4 Å². The average Bonchev–Trinajstić information content (AvgIpc) is 2.47. The van der Waals surface area contributed by atoms with Crippen molar-refractivity contribution in [3.63, 3.8) is 0 Å². The largest absolute Gasteiger partial charge is 0.394 e. The van der Waals surface area contributed by atoms with Gasteiger partial charge in [-0.15, -0.1) is 0 Å². The molecule has 4 nitrogen and oxygen atoms in total. The van der Waals surface area contributed by atoms with Crippen LogP contribution in [0.25, 0.3) is 0 Å². The van der Waals surface area contributed by atoms with Gasteiger partial charge in [0.1, 0.15) is 0 Å². The fraction of sp³-hybridized carbons (Fsp3) is 0.571. The molecule has 0 aliphatic rings. The molecule has 0 fully saturated rings. The van der Waals surface area contributed by atoms with Crippen LogP contribution in [0.1, 0.15) is 27.7 Å². The van der Waals surface area contributed by atoms with Crippen molar-refractivity contribution in [1.82, 2.24) is 0 Å². The summed E-state index contributed by atoms with van der Waals surface area (Å²) >= 11 is 0. The Bertz CT molecular complexity index is 329. The topological polar surface area (TPSA) is 36.9 Å². The minimum Gasteiger partial charge on any atom is -0.394 e. The van der Waals surface area contributed by atoms with Crippen LogP contribution in [0.15, 0.2) is 24.3 Å². The van der Waals surface area contributed by atoms with Crippen LogP contribution in [0, 0.1) is 0 Å². The van der Waals surface area contributed by atoms with Crippen LogP contribution < -0.4 is 10.4 Å². The minimum atomic E-state index is -1.86. The lowest BCUT2D eigenvalue weighted by atomic mass is 10.4. The summed E-state index contributed by atoms with van der Waals surface area (Å²) in [7, 11) is -3.73. The van der Waals surface area contributed by atoms with Gasteiger partial charge in [0.25, 0.3) is 0 Å². The highest BCUT2D eigenvalue weighted by atomic mass is 28.3. The molecule has 0 aromatic heterocycles. The summed E-state index contributed by atoms with van der Waals surface area (Å²) in [5.41, 5.74) is 0. The summed E-state index contributed by atoms with van der Waals surface area (Å²) in [5, 5.41) is 2.32. The molecule has 0 aliphatic heterocycles. The number of hydrogen-bond acceptors (Lipinski definition) is 4. The molecule has 114 valence electrons. The summed E-state index contributed by atoms with van der Waals surface area (Å²) in [6.45, 7) is 10.7. The van der Waals surface area contributed by atoms with Gasteiger partial charge in [0.15, 0.2) is 0 Å². The van der Waals surface area contributed by atoms with Gasteiger partial charge in [-0.3, -0.25) is 0 Å². The Labute approximate surface area is 125 Å². The summed E-state index contributed by atoms with van der Waals surface area (Å²) < 4.78 is 23.4. The summed E-state index contributed by atoms with van der Waals surface area (Å²) in [6.07, 6.45) is 0. The van der Waals surface area contributed by atoms with E-state index in [9.17, 15) is 0 Å². The van der Waals surface area contributed by atoms with Crippen LogP contribution in [0.2, 0.25) is 0 Å². The van der Waals surface area contributed by atoms with Gasteiger partial charge in [0.2, 0.25) is 0 Å². The molecule has 0 aliphatic carbocycles. The molecular formula is C14H26O4Si2. The quantitative estimate of drug-likeness (QED) is 0.596. The highest BCUT2D eigenvalue weighted by Gasteiger charge is 2.26. The first-order valence-electron chi connectivity index (χ1n) is 7.33. The predicted octanol–water partition coefficient (Wildman–Crippen LogP) is 0.688. The maximum Gasteiger partial charge on any atom is 0.355 e. The van der Waals surface area contributed by atoms with Crippen molar-refractivity contribution in [3.05, 3.63) is 24.3 Å². The standard InChI is InChI=1S/C14H26O4Si2/c1-5-15-19(16-6-2)13-11-9-10-12-14(13)20(17-7-3)18-8-4/h9-12,19-20H,5-8H2,1-4H3. The van der Waals surface area contributed by atoms with Crippen LogP contribution in [0.5, 0.6) is 0 Å². The van der Waals surface area contributed by atoms with E-state index in [-0.39, 0.29) is 0 Å². The van der Waals surface area contributed by atoms with Crippen molar-refractivity contribution in [2.24, 2.45) is 0 Å². The van der Waals surface area contributed by atoms with Gasteiger partial charge in [0, 0.05) is 26.4 Å². The molecule has 20 heavy (non-hydrogen) atoms. The van der Waals surface area contributed by atoms with E-state index < -0.39 is 18.6 Å². The van der Waals surface area contributed by atoms with E-state index in [1.807, 2.05) is 39.8 Å². The van der Waals surface area contributed by atoms with Gasteiger partial charge in [0.05, 0.1) is 0 Å². The summed E-state index contributed by atoms with van der Waals surface area (Å²) in [5.74, 6) is 0. The Morgan fingerprint density at radius 1 is 0.650 bits per heavy atom. The highest BCUT2D eigenvalue weighted by molar-refractivity contribution is 6.73. The second-order valence-electron chi connectivity index (χ2n) is 4.11. The van der Waals surface area contributed by atoms with E-state index >= 15 is 0 Å². The number of rotatable bonds is 10. The fourth-order valence-corrected chi connectivity index (χ4v) is 6.21. The first kappa shape index (κ1) is 17.5. The van der Waals surface area contributed by atoms with Gasteiger partial charge in [-0.05, 0) is 38.1 Å². The Morgan fingerprint density at radius 3 is 1.20 bits per heavy atom. The van der Waals surface area contributed by atoms with E-state index in [0.717, 1.165) is 10.4 Å². The summed E-state index contributed by atoms with van der Waals surface area (Å²) in [6, 6.07) is 8.24. The third-order valence-electron chi connectivity index (χ3n) is 2.78. The van der Waals surface area contributed by atoms with Gasteiger partial charge in [-0.25, -0.2) is 0 Å². The normalized spacial score (nSPS) is 11.5. The summed E-state index contributed by atoms with van der Waals surface area (Å²) in [4.78, 5) is 0. The third kappa shape index (κ3) is 5.12. The van der Waals surface area contributed by atoms with Gasteiger partial charge in [-0.2, -0.15) is 0 Å². The van der Waals surface area contributed by atoms with Gasteiger partial charge in [-0.1, -0.05) is 24.3 Å². The maximum absolute atomic E-state index is 5.84. The second-order valence-corrected chi connectivity index (χ2v) is 8.02. The molecule has 1 aromatic carbocycles. The monoisotopic (exact) mass is 314 g/mol. The molecular weight excluding hydrogens is 288 g/mol. The van der Waals surface area contributed by atoms with Crippen LogP contribution >= 0.6 is 0 Å². The Morgan fingerprint density at radius 2 is 0.950 bits per heavy atom. The van der Waals surface area contributed by atoms with E-state index in [1.165, 1.54) is 0 Å². The molecule has 0 atom stereocenters. The molecule has 6 heteroatoms. The number of benzene rings is 1. The molecule has 0 spiro atoms. The molecule has 0 heterocycles.